The highest BCUT2D eigenvalue weighted by Gasteiger charge is 2.30. The molecule has 0 aliphatic rings. The molecule has 0 bridgehead atoms. The number of benzene rings is 2. The first-order valence-corrected chi connectivity index (χ1v) is 13.9. The van der Waals surface area contributed by atoms with Gasteiger partial charge in [-0.3, -0.25) is 14.6 Å². The van der Waals surface area contributed by atoms with Crippen molar-refractivity contribution in [3.63, 3.8) is 0 Å². The quantitative estimate of drug-likeness (QED) is 0.240. The highest BCUT2D eigenvalue weighted by molar-refractivity contribution is 7.98. The number of aromatic nitrogens is 1. The number of aliphatic carboxylic acids is 2. The number of nitrogens with zero attached hydrogens (tertiary/aromatic N) is 1. The van der Waals surface area contributed by atoms with E-state index in [1.165, 1.54) is 11.8 Å². The molecule has 200 valence electrons. The smallest absolute Gasteiger partial charge is 0.327 e. The van der Waals surface area contributed by atoms with Gasteiger partial charge in [-0.05, 0) is 55.4 Å². The number of amides is 1. The fourth-order valence-corrected chi connectivity index (χ4v) is 5.20. The third kappa shape index (κ3) is 10.0. The summed E-state index contributed by atoms with van der Waals surface area (Å²) >= 11 is 1.38. The van der Waals surface area contributed by atoms with Gasteiger partial charge in [-0.2, -0.15) is 11.8 Å². The molecule has 0 saturated heterocycles. The summed E-state index contributed by atoms with van der Waals surface area (Å²) in [6, 6.07) is 23.8. The van der Waals surface area contributed by atoms with Gasteiger partial charge in [0.05, 0.1) is 11.6 Å². The Morgan fingerprint density at radius 1 is 0.763 bits per heavy atom. The second kappa shape index (κ2) is 15.6. The van der Waals surface area contributed by atoms with Crippen LogP contribution in [0.15, 0.2) is 85.1 Å². The molecule has 2 aromatic carbocycles. The zero-order valence-electron chi connectivity index (χ0n) is 21.2. The molecule has 0 radical (unpaired) electrons. The number of carbonyl (C=O) groups excluding carboxylic acids is 1. The number of hydrogen-bond acceptors (Lipinski definition) is 5. The first kappa shape index (κ1) is 28.9. The summed E-state index contributed by atoms with van der Waals surface area (Å²) in [5.74, 6) is -3.12. The van der Waals surface area contributed by atoms with Gasteiger partial charge in [0, 0.05) is 23.6 Å². The molecule has 0 aliphatic carbocycles. The van der Waals surface area contributed by atoms with E-state index in [0.29, 0.717) is 31.4 Å². The zero-order valence-corrected chi connectivity index (χ0v) is 22.1. The van der Waals surface area contributed by atoms with Gasteiger partial charge in [0.25, 0.3) is 0 Å². The van der Waals surface area contributed by atoms with Crippen LogP contribution in [0.5, 0.6) is 0 Å². The maximum atomic E-state index is 13.4. The second-order valence-corrected chi connectivity index (χ2v) is 10.3. The van der Waals surface area contributed by atoms with Gasteiger partial charge in [-0.25, -0.2) is 4.79 Å². The number of nitrogens with one attached hydrogen (secondary N) is 1. The van der Waals surface area contributed by atoms with Crippen molar-refractivity contribution in [3.8, 4) is 0 Å². The normalized spacial score (nSPS) is 13.3. The first-order chi connectivity index (χ1) is 18.4. The van der Waals surface area contributed by atoms with Gasteiger partial charge in [0.1, 0.15) is 6.04 Å². The van der Waals surface area contributed by atoms with Crippen LogP contribution >= 0.6 is 11.8 Å². The standard InChI is InChI=1S/C30H34N2O5S/c33-28(32-27(30(36)37)21-38-20-26-13-7-8-18-31-26)24(16-14-22-9-3-1-4-10-22)19-25(29(34)35)17-15-23-11-5-2-6-12-23/h1-13,18,24-25,27H,14-17,19-21H2,(H,32,33)(H,34,35)(H,36,37)/t24?,25-,27+/m1/s1. The number of thioether (sulfide) groups is 1. The van der Waals surface area contributed by atoms with E-state index in [2.05, 4.69) is 10.3 Å². The summed E-state index contributed by atoms with van der Waals surface area (Å²) in [6.45, 7) is 0. The molecule has 38 heavy (non-hydrogen) atoms. The van der Waals surface area contributed by atoms with Crippen LogP contribution in [0.4, 0.5) is 0 Å². The maximum Gasteiger partial charge on any atom is 0.327 e. The Bertz CT molecular complexity index is 1150. The topological polar surface area (TPSA) is 117 Å². The Morgan fingerprint density at radius 2 is 1.34 bits per heavy atom. The molecule has 1 aromatic heterocycles. The monoisotopic (exact) mass is 534 g/mol. The lowest BCUT2D eigenvalue weighted by molar-refractivity contribution is -0.144. The van der Waals surface area contributed by atoms with E-state index in [1.54, 1.807) is 6.20 Å². The van der Waals surface area contributed by atoms with Gasteiger partial charge >= 0.3 is 11.9 Å². The molecule has 0 fully saturated rings. The molecule has 1 amide bonds. The van der Waals surface area contributed by atoms with Crippen LogP contribution in [-0.2, 0) is 33.0 Å². The molecular formula is C30H34N2O5S. The number of carboxylic acid groups (broad SMARTS) is 2. The van der Waals surface area contributed by atoms with E-state index in [4.69, 9.17) is 0 Å². The number of rotatable bonds is 16. The lowest BCUT2D eigenvalue weighted by atomic mass is 9.86. The fourth-order valence-electron chi connectivity index (χ4n) is 4.24. The molecular weight excluding hydrogens is 500 g/mol. The summed E-state index contributed by atoms with van der Waals surface area (Å²) in [6.07, 6.45) is 3.84. The summed E-state index contributed by atoms with van der Waals surface area (Å²) in [5, 5.41) is 22.4. The SMILES string of the molecule is O=C(N[C@@H](CSCc1ccccn1)C(=O)O)C(CCc1ccccc1)C[C@@H](CCc1ccccc1)C(=O)O. The number of pyridine rings is 1. The molecule has 3 N–H and O–H groups in total. The van der Waals surface area contributed by atoms with Crippen molar-refractivity contribution in [1.82, 2.24) is 10.3 Å². The van der Waals surface area contributed by atoms with Crippen LogP contribution in [0, 0.1) is 11.8 Å². The summed E-state index contributed by atoms with van der Waals surface area (Å²) < 4.78 is 0. The number of carbonyl (C=O) groups is 3. The van der Waals surface area contributed by atoms with E-state index < -0.39 is 35.7 Å². The van der Waals surface area contributed by atoms with Crippen molar-refractivity contribution in [1.29, 1.82) is 0 Å². The third-order valence-corrected chi connectivity index (χ3v) is 7.48. The molecule has 0 spiro atoms. The Balaban J connectivity index is 1.66. The zero-order chi connectivity index (χ0) is 27.2. The second-order valence-electron chi connectivity index (χ2n) is 9.25. The summed E-state index contributed by atoms with van der Waals surface area (Å²) in [4.78, 5) is 41.7. The Hall–Kier alpha value is -3.65. The molecule has 3 rings (SSSR count). The van der Waals surface area contributed by atoms with Crippen molar-refractivity contribution < 1.29 is 24.6 Å². The van der Waals surface area contributed by atoms with E-state index in [9.17, 15) is 24.6 Å². The first-order valence-electron chi connectivity index (χ1n) is 12.7. The Labute approximate surface area is 227 Å². The molecule has 0 aliphatic heterocycles. The number of aryl methyl sites for hydroxylation is 2. The van der Waals surface area contributed by atoms with Gasteiger partial charge < -0.3 is 15.5 Å². The third-order valence-electron chi connectivity index (χ3n) is 6.41. The van der Waals surface area contributed by atoms with Crippen LogP contribution in [0.3, 0.4) is 0 Å². The predicted molar refractivity (Wildman–Crippen MR) is 149 cm³/mol. The van der Waals surface area contributed by atoms with E-state index >= 15 is 0 Å². The van der Waals surface area contributed by atoms with Gasteiger partial charge in [-0.15, -0.1) is 0 Å². The van der Waals surface area contributed by atoms with Crippen molar-refractivity contribution in [3.05, 3.63) is 102 Å². The molecule has 3 aromatic rings. The summed E-state index contributed by atoms with van der Waals surface area (Å²) in [5.41, 5.74) is 2.92. The average molecular weight is 535 g/mol. The number of carboxylic acids is 2. The fraction of sp³-hybridized carbons (Fsp3) is 0.333. The minimum absolute atomic E-state index is 0.147. The molecule has 8 heteroatoms. The lowest BCUT2D eigenvalue weighted by Crippen LogP contribution is -2.46. The van der Waals surface area contributed by atoms with Crippen LogP contribution in [0.2, 0.25) is 0 Å². The molecule has 0 saturated carbocycles. The van der Waals surface area contributed by atoms with Crippen LogP contribution < -0.4 is 5.32 Å². The van der Waals surface area contributed by atoms with Crippen molar-refractivity contribution >= 4 is 29.6 Å². The van der Waals surface area contributed by atoms with E-state index in [-0.39, 0.29) is 12.2 Å². The predicted octanol–water partition coefficient (Wildman–Crippen LogP) is 4.86. The van der Waals surface area contributed by atoms with Gasteiger partial charge in [0.15, 0.2) is 0 Å². The van der Waals surface area contributed by atoms with Crippen molar-refractivity contribution in [2.45, 2.75) is 43.9 Å². The summed E-state index contributed by atoms with van der Waals surface area (Å²) in [7, 11) is 0. The molecule has 1 unspecified atom stereocenters. The van der Waals surface area contributed by atoms with Crippen LogP contribution in [-0.4, -0.2) is 44.8 Å². The highest BCUT2D eigenvalue weighted by Crippen LogP contribution is 2.24. The molecule has 1 heterocycles. The average Bonchev–Trinajstić information content (AvgIpc) is 2.93. The van der Waals surface area contributed by atoms with Crippen LogP contribution in [0.25, 0.3) is 0 Å². The number of hydrogen-bond donors (Lipinski definition) is 3. The molecule has 7 nitrogen and oxygen atoms in total. The largest absolute Gasteiger partial charge is 0.481 e. The van der Waals surface area contributed by atoms with Crippen molar-refractivity contribution in [2.75, 3.05) is 5.75 Å². The minimum atomic E-state index is -1.12. The Kier molecular flexibility index (Phi) is 11.8. The van der Waals surface area contributed by atoms with Gasteiger partial charge in [-0.1, -0.05) is 66.7 Å². The van der Waals surface area contributed by atoms with Gasteiger partial charge in [0.2, 0.25) is 5.91 Å². The van der Waals surface area contributed by atoms with Crippen molar-refractivity contribution in [2.24, 2.45) is 11.8 Å². The van der Waals surface area contributed by atoms with Crippen LogP contribution in [0.1, 0.15) is 36.1 Å². The minimum Gasteiger partial charge on any atom is -0.481 e. The molecule has 3 atom stereocenters. The van der Waals surface area contributed by atoms with E-state index in [0.717, 1.165) is 16.8 Å². The Morgan fingerprint density at radius 3 is 1.87 bits per heavy atom. The van der Waals surface area contributed by atoms with E-state index in [1.807, 2.05) is 78.9 Å². The maximum absolute atomic E-state index is 13.4. The lowest BCUT2D eigenvalue weighted by Gasteiger charge is -2.23. The highest BCUT2D eigenvalue weighted by atomic mass is 32.2.